The molecule has 0 saturated heterocycles. The Labute approximate surface area is 157 Å². The molecule has 138 valence electrons. The minimum absolute atomic E-state index is 0.0908. The average molecular weight is 363 g/mol. The molecule has 27 heavy (non-hydrogen) atoms. The molecular weight excluding hydrogens is 342 g/mol. The third-order valence-electron chi connectivity index (χ3n) is 4.44. The van der Waals surface area contributed by atoms with Gasteiger partial charge in [-0.3, -0.25) is 4.79 Å². The number of hydrogen-bond acceptors (Lipinski definition) is 3. The molecule has 3 aromatic rings. The summed E-state index contributed by atoms with van der Waals surface area (Å²) in [6, 6.07) is 17.8. The number of unbranched alkanes of at least 4 members (excludes halogenated alkanes) is 1. The molecule has 0 radical (unpaired) electrons. The number of carbonyl (C=O) groups is 2. The molecule has 0 atom stereocenters. The molecule has 0 aliphatic carbocycles. The summed E-state index contributed by atoms with van der Waals surface area (Å²) >= 11 is 0. The zero-order chi connectivity index (χ0) is 19.2. The number of aromatic carboxylic acids is 1. The average Bonchev–Trinajstić information content (AvgIpc) is 2.65. The van der Waals surface area contributed by atoms with Gasteiger partial charge in [0.15, 0.2) is 0 Å². The van der Waals surface area contributed by atoms with Crippen LogP contribution in [0.4, 0.5) is 5.69 Å². The summed E-state index contributed by atoms with van der Waals surface area (Å²) in [6.07, 6.45) is 2.78. The van der Waals surface area contributed by atoms with Gasteiger partial charge in [-0.1, -0.05) is 36.4 Å². The van der Waals surface area contributed by atoms with Gasteiger partial charge in [0.05, 0.1) is 11.3 Å². The molecule has 0 aliphatic rings. The fourth-order valence-corrected chi connectivity index (χ4v) is 3.04. The largest absolute Gasteiger partial charge is 0.508 e. The van der Waals surface area contributed by atoms with Crippen LogP contribution in [0.2, 0.25) is 0 Å². The van der Waals surface area contributed by atoms with Crippen molar-refractivity contribution in [1.82, 2.24) is 0 Å². The van der Waals surface area contributed by atoms with Gasteiger partial charge in [-0.25, -0.2) is 4.79 Å². The first-order chi connectivity index (χ1) is 13.0. The highest BCUT2D eigenvalue weighted by Gasteiger charge is 2.11. The quantitative estimate of drug-likeness (QED) is 0.536. The predicted octanol–water partition coefficient (Wildman–Crippen LogP) is 4.60. The van der Waals surface area contributed by atoms with Gasteiger partial charge in [-0.05, 0) is 59.9 Å². The lowest BCUT2D eigenvalue weighted by atomic mass is 10.0. The maximum atomic E-state index is 12.1. The molecule has 0 fully saturated rings. The highest BCUT2D eigenvalue weighted by atomic mass is 16.4. The molecule has 0 saturated carbocycles. The molecule has 0 spiro atoms. The lowest BCUT2D eigenvalue weighted by Crippen LogP contribution is -2.14. The number of amides is 1. The van der Waals surface area contributed by atoms with E-state index in [2.05, 4.69) is 11.4 Å². The SMILES string of the molecule is O=C(CCCCc1ccc2cc(O)ccc2c1)Nc1ccccc1C(=O)O. The third kappa shape index (κ3) is 4.85. The number of phenols is 1. The maximum absolute atomic E-state index is 12.1. The number of fused-ring (bicyclic) bond motifs is 1. The first kappa shape index (κ1) is 18.5. The van der Waals surface area contributed by atoms with Gasteiger partial charge in [0, 0.05) is 6.42 Å². The van der Waals surface area contributed by atoms with E-state index in [1.807, 2.05) is 18.2 Å². The molecule has 5 nitrogen and oxygen atoms in total. The van der Waals surface area contributed by atoms with Crippen molar-refractivity contribution in [1.29, 1.82) is 0 Å². The van der Waals surface area contributed by atoms with Crippen molar-refractivity contribution in [2.75, 3.05) is 5.32 Å². The van der Waals surface area contributed by atoms with E-state index < -0.39 is 5.97 Å². The van der Waals surface area contributed by atoms with Crippen LogP contribution < -0.4 is 5.32 Å². The fraction of sp³-hybridized carbons (Fsp3) is 0.182. The summed E-state index contributed by atoms with van der Waals surface area (Å²) in [4.78, 5) is 23.2. The first-order valence-electron chi connectivity index (χ1n) is 8.87. The molecule has 0 heterocycles. The van der Waals surface area contributed by atoms with Crippen LogP contribution in [0.1, 0.15) is 35.2 Å². The van der Waals surface area contributed by atoms with Gasteiger partial charge >= 0.3 is 5.97 Å². The number of aromatic hydroxyl groups is 1. The van der Waals surface area contributed by atoms with E-state index in [4.69, 9.17) is 5.11 Å². The van der Waals surface area contributed by atoms with Gasteiger partial charge in [-0.15, -0.1) is 0 Å². The van der Waals surface area contributed by atoms with Gasteiger partial charge in [-0.2, -0.15) is 0 Å². The van der Waals surface area contributed by atoms with E-state index >= 15 is 0 Å². The van der Waals surface area contributed by atoms with Crippen molar-refractivity contribution in [2.24, 2.45) is 0 Å². The van der Waals surface area contributed by atoms with Gasteiger partial charge in [0.25, 0.3) is 0 Å². The Morgan fingerprint density at radius 2 is 1.63 bits per heavy atom. The van der Waals surface area contributed by atoms with Crippen molar-refractivity contribution in [3.05, 3.63) is 71.8 Å². The number of phenolic OH excluding ortho intramolecular Hbond substituents is 1. The van der Waals surface area contributed by atoms with Crippen LogP contribution in [0.15, 0.2) is 60.7 Å². The van der Waals surface area contributed by atoms with Crippen LogP contribution >= 0.6 is 0 Å². The molecule has 0 unspecified atom stereocenters. The second-order valence-electron chi connectivity index (χ2n) is 6.47. The van der Waals surface area contributed by atoms with Crippen molar-refractivity contribution in [3.63, 3.8) is 0 Å². The number of aryl methyl sites for hydroxylation is 1. The Hall–Kier alpha value is -3.34. The molecule has 0 aliphatic heterocycles. The van der Waals surface area contributed by atoms with E-state index in [9.17, 15) is 14.7 Å². The zero-order valence-corrected chi connectivity index (χ0v) is 14.8. The molecular formula is C22H21NO4. The predicted molar refractivity (Wildman–Crippen MR) is 105 cm³/mol. The fourth-order valence-electron chi connectivity index (χ4n) is 3.04. The Morgan fingerprint density at radius 3 is 2.44 bits per heavy atom. The summed E-state index contributed by atoms with van der Waals surface area (Å²) in [5, 5.41) is 23.4. The number of carboxylic acids is 1. The Kier molecular flexibility index (Phi) is 5.71. The van der Waals surface area contributed by atoms with Gasteiger partial charge in [0.2, 0.25) is 5.91 Å². The zero-order valence-electron chi connectivity index (χ0n) is 14.8. The number of hydrogen-bond donors (Lipinski definition) is 3. The summed E-state index contributed by atoms with van der Waals surface area (Å²) in [6.45, 7) is 0. The Bertz CT molecular complexity index is 981. The van der Waals surface area contributed by atoms with E-state index in [1.54, 1.807) is 30.3 Å². The molecule has 0 aromatic heterocycles. The molecule has 3 rings (SSSR count). The normalized spacial score (nSPS) is 10.7. The van der Waals surface area contributed by atoms with Crippen molar-refractivity contribution < 1.29 is 19.8 Å². The minimum Gasteiger partial charge on any atom is -0.508 e. The van der Waals surface area contributed by atoms with Crippen LogP contribution in [-0.2, 0) is 11.2 Å². The van der Waals surface area contributed by atoms with Crippen molar-refractivity contribution >= 4 is 28.3 Å². The summed E-state index contributed by atoms with van der Waals surface area (Å²) in [5.41, 5.74) is 1.60. The van der Waals surface area contributed by atoms with E-state index in [-0.39, 0.29) is 17.2 Å². The summed E-state index contributed by atoms with van der Waals surface area (Å²) in [7, 11) is 0. The monoisotopic (exact) mass is 363 g/mol. The lowest BCUT2D eigenvalue weighted by Gasteiger charge is -2.08. The molecule has 0 bridgehead atoms. The molecule has 3 aromatic carbocycles. The summed E-state index contributed by atoms with van der Waals surface area (Å²) < 4.78 is 0. The van der Waals surface area contributed by atoms with Gasteiger partial charge in [0.1, 0.15) is 5.75 Å². The molecule has 1 amide bonds. The second kappa shape index (κ2) is 8.36. The van der Waals surface area contributed by atoms with Crippen molar-refractivity contribution in [2.45, 2.75) is 25.7 Å². The second-order valence-corrected chi connectivity index (χ2v) is 6.47. The van der Waals surface area contributed by atoms with E-state index in [1.165, 1.54) is 11.6 Å². The van der Waals surface area contributed by atoms with Gasteiger partial charge < -0.3 is 15.5 Å². The number of nitrogens with one attached hydrogen (secondary N) is 1. The van der Waals surface area contributed by atoms with Crippen LogP contribution in [0, 0.1) is 0 Å². The number of rotatable bonds is 7. The highest BCUT2D eigenvalue weighted by molar-refractivity contribution is 6.00. The maximum Gasteiger partial charge on any atom is 0.337 e. The first-order valence-corrected chi connectivity index (χ1v) is 8.87. The number of para-hydroxylation sites is 1. The Balaban J connectivity index is 1.49. The number of carboxylic acid groups (broad SMARTS) is 1. The highest BCUT2D eigenvalue weighted by Crippen LogP contribution is 2.22. The van der Waals surface area contributed by atoms with E-state index in [0.29, 0.717) is 18.5 Å². The number of benzene rings is 3. The van der Waals surface area contributed by atoms with Crippen LogP contribution in [-0.4, -0.2) is 22.1 Å². The standard InChI is InChI=1S/C22H21NO4/c24-18-12-11-16-13-15(9-10-17(16)14-18)5-1-4-8-21(25)23-20-7-3-2-6-19(20)22(26)27/h2-3,6-7,9-14,24H,1,4-5,8H2,(H,23,25)(H,26,27). The van der Waals surface area contributed by atoms with Crippen LogP contribution in [0.5, 0.6) is 5.75 Å². The van der Waals surface area contributed by atoms with Crippen molar-refractivity contribution in [3.8, 4) is 5.75 Å². The Morgan fingerprint density at radius 1 is 0.889 bits per heavy atom. The molecule has 5 heteroatoms. The number of anilines is 1. The van der Waals surface area contributed by atoms with Crippen LogP contribution in [0.3, 0.4) is 0 Å². The lowest BCUT2D eigenvalue weighted by molar-refractivity contribution is -0.116. The topological polar surface area (TPSA) is 86.6 Å². The molecule has 3 N–H and O–H groups in total. The number of carbonyl (C=O) groups excluding carboxylic acids is 1. The third-order valence-corrected chi connectivity index (χ3v) is 4.44. The van der Waals surface area contributed by atoms with E-state index in [0.717, 1.165) is 23.6 Å². The minimum atomic E-state index is -1.06. The smallest absolute Gasteiger partial charge is 0.337 e. The summed E-state index contributed by atoms with van der Waals surface area (Å²) in [5.74, 6) is -0.987. The van der Waals surface area contributed by atoms with Crippen LogP contribution in [0.25, 0.3) is 10.8 Å².